The first kappa shape index (κ1) is 30.9. The molecule has 1 aliphatic heterocycles. The predicted molar refractivity (Wildman–Crippen MR) is 153 cm³/mol. The molecule has 222 valence electrons. The molecule has 0 unspecified atom stereocenters. The molecule has 3 aromatic rings. The summed E-state index contributed by atoms with van der Waals surface area (Å²) in [5.74, 6) is -0.907. The Hall–Kier alpha value is -3.04. The summed E-state index contributed by atoms with van der Waals surface area (Å²) in [5, 5.41) is 11.5. The number of likely N-dealkylation sites (N-methyl/N-ethyl adjacent to an activating group) is 1. The Morgan fingerprint density at radius 3 is 2.51 bits per heavy atom. The number of carbonyl (C=O) groups is 1. The van der Waals surface area contributed by atoms with Gasteiger partial charge in [0.25, 0.3) is 20.0 Å². The van der Waals surface area contributed by atoms with Crippen molar-refractivity contribution < 1.29 is 35.9 Å². The van der Waals surface area contributed by atoms with Crippen molar-refractivity contribution in [2.45, 2.75) is 41.5 Å². The third kappa shape index (κ3) is 7.07. The number of aliphatic hydroxyl groups is 1. The Bertz CT molecular complexity index is 1580. The van der Waals surface area contributed by atoms with Crippen molar-refractivity contribution in [3.05, 3.63) is 71.4 Å². The van der Waals surface area contributed by atoms with Crippen LogP contribution < -0.4 is 9.46 Å². The van der Waals surface area contributed by atoms with Crippen molar-refractivity contribution in [2.24, 2.45) is 5.92 Å². The van der Waals surface area contributed by atoms with Crippen molar-refractivity contribution in [3.8, 4) is 5.75 Å². The molecule has 0 saturated carbocycles. The highest BCUT2D eigenvalue weighted by molar-refractivity contribution is 7.92. The number of rotatable bonds is 9. The van der Waals surface area contributed by atoms with E-state index in [9.17, 15) is 31.1 Å². The van der Waals surface area contributed by atoms with E-state index in [0.717, 1.165) is 35.6 Å². The zero-order valence-corrected chi connectivity index (χ0v) is 25.2. The fourth-order valence-corrected chi connectivity index (χ4v) is 7.89. The number of halogens is 1. The van der Waals surface area contributed by atoms with Gasteiger partial charge in [-0.1, -0.05) is 13.0 Å². The standard InChI is InChI=1S/C27H32FN3O7S3/c1-18-15-31(19(2)17-32)26(33)14-20-13-22(29-40(34,35)23-9-6-21(28)7-10-23)8-11-24(20)38-25(18)16-30(3)41(36,37)27-5-4-12-39-27/h4-13,18-19,25,29,32H,14-17H2,1-3H3/t18-,19+,25-/m1/s1. The summed E-state index contributed by atoms with van der Waals surface area (Å²) in [7, 11) is -6.37. The van der Waals surface area contributed by atoms with E-state index >= 15 is 0 Å². The van der Waals surface area contributed by atoms with Gasteiger partial charge >= 0.3 is 0 Å². The molecule has 2 heterocycles. The van der Waals surface area contributed by atoms with Gasteiger partial charge in [-0.15, -0.1) is 11.3 Å². The van der Waals surface area contributed by atoms with Gasteiger partial charge in [0.05, 0.1) is 30.5 Å². The van der Waals surface area contributed by atoms with Crippen molar-refractivity contribution in [2.75, 3.05) is 31.5 Å². The lowest BCUT2D eigenvalue weighted by atomic mass is 10.0. The second-order valence-corrected chi connectivity index (χ2v) is 14.9. The second-order valence-electron chi connectivity index (χ2n) is 9.99. The van der Waals surface area contributed by atoms with Crippen LogP contribution in [-0.4, -0.2) is 75.9 Å². The average molecular weight is 626 g/mol. The molecule has 4 rings (SSSR count). The number of fused-ring (bicyclic) bond motifs is 1. The topological polar surface area (TPSA) is 133 Å². The molecule has 0 spiro atoms. The smallest absolute Gasteiger partial charge is 0.261 e. The van der Waals surface area contributed by atoms with Crippen LogP contribution in [0, 0.1) is 11.7 Å². The van der Waals surface area contributed by atoms with Crippen molar-refractivity contribution in [3.63, 3.8) is 0 Å². The molecule has 2 N–H and O–H groups in total. The number of sulfonamides is 2. The van der Waals surface area contributed by atoms with Crippen molar-refractivity contribution >= 4 is 43.0 Å². The summed E-state index contributed by atoms with van der Waals surface area (Å²) in [5.41, 5.74) is 0.541. The van der Waals surface area contributed by atoms with E-state index in [0.29, 0.717) is 11.3 Å². The van der Waals surface area contributed by atoms with E-state index in [1.807, 2.05) is 6.92 Å². The molecule has 1 aromatic heterocycles. The van der Waals surface area contributed by atoms with Crippen LogP contribution in [0.4, 0.5) is 10.1 Å². The molecular weight excluding hydrogens is 594 g/mol. The summed E-state index contributed by atoms with van der Waals surface area (Å²) in [4.78, 5) is 14.8. The van der Waals surface area contributed by atoms with E-state index in [2.05, 4.69) is 4.72 Å². The molecular formula is C27H32FN3O7S3. The number of hydrogen-bond acceptors (Lipinski definition) is 8. The zero-order valence-electron chi connectivity index (χ0n) is 22.7. The largest absolute Gasteiger partial charge is 0.488 e. The monoisotopic (exact) mass is 625 g/mol. The third-order valence-corrected chi connectivity index (χ3v) is 11.5. The lowest BCUT2D eigenvalue weighted by Crippen LogP contribution is -2.48. The van der Waals surface area contributed by atoms with Gasteiger partial charge in [-0.25, -0.2) is 21.2 Å². The number of aliphatic hydroxyl groups excluding tert-OH is 1. The quantitative estimate of drug-likeness (QED) is 0.373. The molecule has 41 heavy (non-hydrogen) atoms. The summed E-state index contributed by atoms with van der Waals surface area (Å²) >= 11 is 1.11. The van der Waals surface area contributed by atoms with Crippen molar-refractivity contribution in [1.29, 1.82) is 0 Å². The van der Waals surface area contributed by atoms with Crippen LogP contribution in [0.5, 0.6) is 5.75 Å². The predicted octanol–water partition coefficient (Wildman–Crippen LogP) is 3.16. The van der Waals surface area contributed by atoms with Crippen LogP contribution in [0.15, 0.2) is 69.1 Å². The maximum Gasteiger partial charge on any atom is 0.261 e. The molecule has 0 fully saturated rings. The minimum absolute atomic E-state index is 0.0185. The lowest BCUT2D eigenvalue weighted by Gasteiger charge is -2.33. The number of anilines is 1. The van der Waals surface area contributed by atoms with E-state index in [-0.39, 0.29) is 52.7 Å². The molecule has 1 aliphatic rings. The SMILES string of the molecule is C[C@@H]1CN([C@@H](C)CO)C(=O)Cc2cc(NS(=O)(=O)c3ccc(F)cc3)ccc2O[C@@H]1CN(C)S(=O)(=O)c1cccs1. The highest BCUT2D eigenvalue weighted by Crippen LogP contribution is 2.31. The van der Waals surface area contributed by atoms with Crippen LogP contribution in [0.25, 0.3) is 0 Å². The van der Waals surface area contributed by atoms with E-state index < -0.39 is 38.0 Å². The summed E-state index contributed by atoms with van der Waals surface area (Å²) < 4.78 is 75.5. The van der Waals surface area contributed by atoms with Crippen LogP contribution in [0.3, 0.4) is 0 Å². The summed E-state index contributed by atoms with van der Waals surface area (Å²) in [6.45, 7) is 3.46. The first-order valence-electron chi connectivity index (χ1n) is 12.8. The van der Waals surface area contributed by atoms with Gasteiger partial charge in [-0.2, -0.15) is 4.31 Å². The highest BCUT2D eigenvalue weighted by atomic mass is 32.2. The summed E-state index contributed by atoms with van der Waals surface area (Å²) in [6.07, 6.45) is -0.830. The molecule has 1 amide bonds. The van der Waals surface area contributed by atoms with Gasteiger partial charge in [0.15, 0.2) is 0 Å². The fraction of sp³-hybridized carbons (Fsp3) is 0.370. The number of amides is 1. The Kier molecular flexibility index (Phi) is 9.39. The molecule has 0 bridgehead atoms. The van der Waals surface area contributed by atoms with Crippen LogP contribution in [-0.2, 0) is 31.3 Å². The Labute approximate surface area is 243 Å². The lowest BCUT2D eigenvalue weighted by molar-refractivity contribution is -0.134. The van der Waals surface area contributed by atoms with Crippen LogP contribution in [0.1, 0.15) is 19.4 Å². The molecule has 0 saturated heterocycles. The number of ether oxygens (including phenoxy) is 1. The Balaban J connectivity index is 1.68. The molecule has 0 aliphatic carbocycles. The minimum Gasteiger partial charge on any atom is -0.488 e. The average Bonchev–Trinajstić information content (AvgIpc) is 3.48. The summed E-state index contributed by atoms with van der Waals surface area (Å²) in [6, 6.07) is 11.5. The van der Waals surface area contributed by atoms with E-state index in [1.165, 1.54) is 40.5 Å². The number of carbonyl (C=O) groups excluding carboxylic acids is 1. The highest BCUT2D eigenvalue weighted by Gasteiger charge is 2.34. The molecule has 0 radical (unpaired) electrons. The number of nitrogens with one attached hydrogen (secondary N) is 1. The van der Waals surface area contributed by atoms with Crippen LogP contribution >= 0.6 is 11.3 Å². The van der Waals surface area contributed by atoms with Gasteiger partial charge in [0, 0.05) is 30.8 Å². The van der Waals surface area contributed by atoms with Gasteiger partial charge in [-0.3, -0.25) is 9.52 Å². The number of nitrogens with zero attached hydrogens (tertiary/aromatic N) is 2. The van der Waals surface area contributed by atoms with Gasteiger partial charge in [0.1, 0.15) is 21.9 Å². The number of benzene rings is 2. The molecule has 2 aromatic carbocycles. The van der Waals surface area contributed by atoms with E-state index in [4.69, 9.17) is 4.74 Å². The van der Waals surface area contributed by atoms with Gasteiger partial charge in [0.2, 0.25) is 5.91 Å². The second kappa shape index (κ2) is 12.4. The third-order valence-electron chi connectivity index (χ3n) is 6.89. The van der Waals surface area contributed by atoms with E-state index in [1.54, 1.807) is 18.4 Å². The maximum absolute atomic E-state index is 13.4. The van der Waals surface area contributed by atoms with Crippen molar-refractivity contribution in [1.82, 2.24) is 9.21 Å². The van der Waals surface area contributed by atoms with Gasteiger partial charge < -0.3 is 14.7 Å². The first-order valence-corrected chi connectivity index (χ1v) is 16.6. The van der Waals surface area contributed by atoms with Gasteiger partial charge in [-0.05, 0) is 60.8 Å². The number of thiophene rings is 1. The normalized spacial score (nSPS) is 19.1. The maximum atomic E-state index is 13.4. The first-order chi connectivity index (χ1) is 19.3. The fourth-order valence-electron chi connectivity index (χ4n) is 4.45. The Morgan fingerprint density at radius 1 is 1.17 bits per heavy atom. The zero-order chi connectivity index (χ0) is 29.9. The minimum atomic E-state index is -4.05. The Morgan fingerprint density at radius 2 is 1.88 bits per heavy atom. The molecule has 14 heteroatoms. The van der Waals surface area contributed by atoms with Crippen LogP contribution in [0.2, 0.25) is 0 Å². The molecule has 3 atom stereocenters. The number of hydrogen-bond donors (Lipinski definition) is 2. The molecule has 10 nitrogen and oxygen atoms in total.